The summed E-state index contributed by atoms with van der Waals surface area (Å²) in [6, 6.07) is 1.32. The van der Waals surface area contributed by atoms with Crippen LogP contribution in [-0.2, 0) is 6.54 Å². The van der Waals surface area contributed by atoms with E-state index in [1.54, 1.807) is 0 Å². The highest BCUT2D eigenvalue weighted by atomic mass is 15.3. The zero-order chi connectivity index (χ0) is 12.4. The molecular weight excluding hydrogens is 224 g/mol. The summed E-state index contributed by atoms with van der Waals surface area (Å²) in [5, 5.41) is 8.12. The summed E-state index contributed by atoms with van der Waals surface area (Å²) < 4.78 is 2.12. The molecule has 0 amide bonds. The second-order valence-corrected chi connectivity index (χ2v) is 5.89. The van der Waals surface area contributed by atoms with E-state index >= 15 is 0 Å². The molecule has 4 heteroatoms. The molecule has 18 heavy (non-hydrogen) atoms. The zero-order valence-corrected chi connectivity index (χ0v) is 11.3. The number of nitrogens with zero attached hydrogens (tertiary/aromatic N) is 3. The first-order valence-corrected chi connectivity index (χ1v) is 7.48. The van der Waals surface area contributed by atoms with Gasteiger partial charge in [-0.2, -0.15) is 5.10 Å². The van der Waals surface area contributed by atoms with Crippen LogP contribution in [0.1, 0.15) is 63.7 Å². The Kier molecular flexibility index (Phi) is 3.64. The summed E-state index contributed by atoms with van der Waals surface area (Å²) in [5.41, 5.74) is 0. The molecule has 0 bridgehead atoms. The Balaban J connectivity index is 1.57. The highest BCUT2D eigenvalue weighted by Crippen LogP contribution is 2.33. The molecule has 3 rings (SSSR count). The van der Waals surface area contributed by atoms with E-state index in [0.29, 0.717) is 6.04 Å². The normalized spacial score (nSPS) is 28.5. The minimum Gasteiger partial charge on any atom is -0.307 e. The van der Waals surface area contributed by atoms with Gasteiger partial charge in [-0.1, -0.05) is 26.2 Å². The fourth-order valence-corrected chi connectivity index (χ4v) is 2.96. The maximum atomic E-state index is 4.65. The van der Waals surface area contributed by atoms with Gasteiger partial charge in [-0.3, -0.25) is 0 Å². The minimum atomic E-state index is 0.589. The lowest BCUT2D eigenvalue weighted by atomic mass is 9.84. The first-order chi connectivity index (χ1) is 8.85. The molecule has 2 aliphatic carbocycles. The van der Waals surface area contributed by atoms with Crippen molar-refractivity contribution in [3.63, 3.8) is 0 Å². The molecule has 2 unspecified atom stereocenters. The predicted octanol–water partition coefficient (Wildman–Crippen LogP) is 2.67. The summed E-state index contributed by atoms with van der Waals surface area (Å²) in [5.74, 6) is 1.85. The molecule has 0 aliphatic heterocycles. The van der Waals surface area contributed by atoms with E-state index in [4.69, 9.17) is 0 Å². The largest absolute Gasteiger partial charge is 0.307 e. The number of nitrogens with one attached hydrogen (secondary N) is 1. The van der Waals surface area contributed by atoms with Crippen LogP contribution in [0.25, 0.3) is 0 Å². The van der Waals surface area contributed by atoms with Crippen LogP contribution >= 0.6 is 0 Å². The molecule has 100 valence electrons. The minimum absolute atomic E-state index is 0.589. The van der Waals surface area contributed by atoms with Gasteiger partial charge in [0.1, 0.15) is 6.33 Å². The highest BCUT2D eigenvalue weighted by molar-refractivity contribution is 4.88. The number of hydrogen-bond donors (Lipinski definition) is 1. The lowest BCUT2D eigenvalue weighted by Gasteiger charge is -2.28. The van der Waals surface area contributed by atoms with Gasteiger partial charge in [0.2, 0.25) is 0 Å². The average Bonchev–Trinajstić information content (AvgIpc) is 3.13. The van der Waals surface area contributed by atoms with Crippen molar-refractivity contribution in [3.8, 4) is 0 Å². The van der Waals surface area contributed by atoms with Crippen molar-refractivity contribution in [1.82, 2.24) is 20.1 Å². The van der Waals surface area contributed by atoms with E-state index in [2.05, 4.69) is 27.0 Å². The standard InChI is InChI=1S/C14H24N4/c1-2-11-4-3-5-13(8-11)18-10-16-14(17-18)9-15-12-6-7-12/h10-13,15H,2-9H2,1H3. The molecule has 2 fully saturated rings. The lowest BCUT2D eigenvalue weighted by Crippen LogP contribution is -2.20. The van der Waals surface area contributed by atoms with Crippen LogP contribution in [0.4, 0.5) is 0 Å². The fourth-order valence-electron chi connectivity index (χ4n) is 2.96. The van der Waals surface area contributed by atoms with Gasteiger partial charge in [-0.15, -0.1) is 0 Å². The van der Waals surface area contributed by atoms with Crippen molar-refractivity contribution < 1.29 is 0 Å². The molecule has 0 radical (unpaired) electrons. The van der Waals surface area contributed by atoms with Crippen LogP contribution in [0.5, 0.6) is 0 Å². The molecule has 0 aromatic carbocycles. The first kappa shape index (κ1) is 12.2. The van der Waals surface area contributed by atoms with Crippen LogP contribution in [0.15, 0.2) is 6.33 Å². The Morgan fingerprint density at radius 1 is 1.33 bits per heavy atom. The van der Waals surface area contributed by atoms with E-state index in [1.165, 1.54) is 44.9 Å². The average molecular weight is 248 g/mol. The van der Waals surface area contributed by atoms with Crippen LogP contribution in [-0.4, -0.2) is 20.8 Å². The third kappa shape index (κ3) is 2.91. The number of hydrogen-bond acceptors (Lipinski definition) is 3. The molecule has 2 aliphatic rings. The topological polar surface area (TPSA) is 42.7 Å². The third-order valence-corrected chi connectivity index (χ3v) is 4.39. The molecule has 1 aromatic heterocycles. The van der Waals surface area contributed by atoms with E-state index < -0.39 is 0 Å². The Morgan fingerprint density at radius 3 is 3.00 bits per heavy atom. The molecule has 2 atom stereocenters. The van der Waals surface area contributed by atoms with Gasteiger partial charge in [0.25, 0.3) is 0 Å². The molecule has 1 aromatic rings. The maximum absolute atomic E-state index is 4.65. The summed E-state index contributed by atoms with van der Waals surface area (Å²) in [7, 11) is 0. The first-order valence-electron chi connectivity index (χ1n) is 7.48. The van der Waals surface area contributed by atoms with Crippen LogP contribution in [0.3, 0.4) is 0 Å². The number of aromatic nitrogens is 3. The molecule has 0 saturated heterocycles. The van der Waals surface area contributed by atoms with Crippen LogP contribution < -0.4 is 5.32 Å². The zero-order valence-electron chi connectivity index (χ0n) is 11.3. The Labute approximate surface area is 109 Å². The maximum Gasteiger partial charge on any atom is 0.164 e. The molecule has 1 heterocycles. The lowest BCUT2D eigenvalue weighted by molar-refractivity contribution is 0.246. The Bertz CT molecular complexity index is 383. The van der Waals surface area contributed by atoms with Gasteiger partial charge in [-0.05, 0) is 31.6 Å². The fraction of sp³-hybridized carbons (Fsp3) is 0.857. The predicted molar refractivity (Wildman–Crippen MR) is 71.2 cm³/mol. The molecule has 1 N–H and O–H groups in total. The molecule has 0 spiro atoms. The molecule has 4 nitrogen and oxygen atoms in total. The molecule has 2 saturated carbocycles. The van der Waals surface area contributed by atoms with Gasteiger partial charge < -0.3 is 5.32 Å². The van der Waals surface area contributed by atoms with E-state index in [9.17, 15) is 0 Å². The van der Waals surface area contributed by atoms with Gasteiger partial charge in [-0.25, -0.2) is 9.67 Å². The summed E-state index contributed by atoms with van der Waals surface area (Å²) in [6.07, 6.45) is 11.2. The quantitative estimate of drug-likeness (QED) is 0.871. The van der Waals surface area contributed by atoms with Gasteiger partial charge >= 0.3 is 0 Å². The van der Waals surface area contributed by atoms with Crippen molar-refractivity contribution in [1.29, 1.82) is 0 Å². The van der Waals surface area contributed by atoms with Crippen LogP contribution in [0.2, 0.25) is 0 Å². The van der Waals surface area contributed by atoms with E-state index in [-0.39, 0.29) is 0 Å². The second kappa shape index (κ2) is 5.39. The van der Waals surface area contributed by atoms with Crippen molar-refractivity contribution in [2.24, 2.45) is 5.92 Å². The third-order valence-electron chi connectivity index (χ3n) is 4.39. The van der Waals surface area contributed by atoms with Crippen molar-refractivity contribution in [3.05, 3.63) is 12.2 Å². The summed E-state index contributed by atoms with van der Waals surface area (Å²) in [6.45, 7) is 3.14. The Hall–Kier alpha value is -0.900. The van der Waals surface area contributed by atoms with E-state index in [1.807, 2.05) is 6.33 Å². The smallest absolute Gasteiger partial charge is 0.164 e. The summed E-state index contributed by atoms with van der Waals surface area (Å²) in [4.78, 5) is 4.43. The van der Waals surface area contributed by atoms with Gasteiger partial charge in [0, 0.05) is 6.04 Å². The monoisotopic (exact) mass is 248 g/mol. The van der Waals surface area contributed by atoms with Gasteiger partial charge in [0.05, 0.1) is 12.6 Å². The van der Waals surface area contributed by atoms with Crippen LogP contribution in [0, 0.1) is 5.92 Å². The Morgan fingerprint density at radius 2 is 2.22 bits per heavy atom. The SMILES string of the molecule is CCC1CCCC(n2cnc(CNC3CC3)n2)C1. The van der Waals surface area contributed by atoms with Crippen molar-refractivity contribution in [2.45, 2.75) is 70.5 Å². The van der Waals surface area contributed by atoms with Crippen molar-refractivity contribution in [2.75, 3.05) is 0 Å². The molecular formula is C14H24N4. The second-order valence-electron chi connectivity index (χ2n) is 5.89. The van der Waals surface area contributed by atoms with E-state index in [0.717, 1.165) is 24.3 Å². The van der Waals surface area contributed by atoms with Crippen molar-refractivity contribution >= 4 is 0 Å². The number of rotatable bonds is 5. The summed E-state index contributed by atoms with van der Waals surface area (Å²) >= 11 is 0. The highest BCUT2D eigenvalue weighted by Gasteiger charge is 2.24. The van der Waals surface area contributed by atoms with Gasteiger partial charge in [0.15, 0.2) is 5.82 Å².